The highest BCUT2D eigenvalue weighted by Crippen LogP contribution is 2.66. The molecule has 0 saturated heterocycles. The smallest absolute Gasteiger partial charge is 0.155 e. The summed E-state index contributed by atoms with van der Waals surface area (Å²) in [5, 5.41) is 0. The van der Waals surface area contributed by atoms with Crippen molar-refractivity contribution in [2.75, 3.05) is 6.61 Å². The second-order valence-electron chi connectivity index (χ2n) is 9.26. The van der Waals surface area contributed by atoms with E-state index in [1.165, 1.54) is 24.8 Å². The Morgan fingerprint density at radius 1 is 1.32 bits per heavy atom. The first kappa shape index (κ1) is 17.3. The van der Waals surface area contributed by atoms with Crippen LogP contribution in [0, 0.1) is 47.3 Å². The number of rotatable bonds is 2. The van der Waals surface area contributed by atoms with E-state index >= 15 is 0 Å². The van der Waals surface area contributed by atoms with Crippen molar-refractivity contribution in [2.24, 2.45) is 35.0 Å². The Balaban J connectivity index is 1.68. The molecule has 3 saturated carbocycles. The lowest BCUT2D eigenvalue weighted by atomic mass is 9.48. The molecule has 2 heteroatoms. The largest absolute Gasteiger partial charge is 0.362 e. The first-order valence-corrected chi connectivity index (χ1v) is 10.3. The molecule has 4 rings (SSSR count). The predicted molar refractivity (Wildman–Crippen MR) is 99.8 cm³/mol. The summed E-state index contributed by atoms with van der Waals surface area (Å²) in [4.78, 5) is 11.9. The van der Waals surface area contributed by atoms with Gasteiger partial charge in [0.1, 0.15) is 5.60 Å². The van der Waals surface area contributed by atoms with Crippen LogP contribution >= 0.6 is 0 Å². The average molecular weight is 341 g/mol. The minimum Gasteiger partial charge on any atom is -0.362 e. The molecule has 7 atom stereocenters. The molecule has 0 amide bonds. The van der Waals surface area contributed by atoms with Crippen molar-refractivity contribution >= 4 is 5.78 Å². The van der Waals surface area contributed by atoms with Crippen LogP contribution in [0.25, 0.3) is 0 Å². The molecule has 0 spiro atoms. The quantitative estimate of drug-likeness (QED) is 0.676. The molecule has 3 fully saturated rings. The van der Waals surface area contributed by atoms with Gasteiger partial charge in [0, 0.05) is 18.4 Å². The molecule has 0 bridgehead atoms. The molecule has 0 aromatic carbocycles. The van der Waals surface area contributed by atoms with Gasteiger partial charge in [-0.15, -0.1) is 6.42 Å². The highest BCUT2D eigenvalue weighted by atomic mass is 16.5. The maximum atomic E-state index is 11.9. The minimum atomic E-state index is -0.365. The molecular formula is C23H32O2. The van der Waals surface area contributed by atoms with E-state index in [0.717, 1.165) is 37.5 Å². The van der Waals surface area contributed by atoms with E-state index in [2.05, 4.69) is 26.7 Å². The number of fused-ring (bicyclic) bond motifs is 5. The Morgan fingerprint density at radius 2 is 2.12 bits per heavy atom. The lowest BCUT2D eigenvalue weighted by Gasteiger charge is -2.57. The van der Waals surface area contributed by atoms with Gasteiger partial charge in [0.05, 0.1) is 0 Å². The van der Waals surface area contributed by atoms with E-state index < -0.39 is 0 Å². The average Bonchev–Trinajstić information content (AvgIpc) is 2.88. The molecule has 136 valence electrons. The number of carbonyl (C=O) groups excluding carboxylic acids is 1. The first-order valence-electron chi connectivity index (χ1n) is 10.3. The van der Waals surface area contributed by atoms with Crippen LogP contribution in [-0.4, -0.2) is 18.0 Å². The number of hydrogen-bond acceptors (Lipinski definition) is 2. The van der Waals surface area contributed by atoms with E-state index in [1.54, 1.807) is 0 Å². The highest BCUT2D eigenvalue weighted by molar-refractivity contribution is 5.91. The van der Waals surface area contributed by atoms with Crippen LogP contribution in [0.3, 0.4) is 0 Å². The summed E-state index contributed by atoms with van der Waals surface area (Å²) in [6.07, 6.45) is 15.6. The molecule has 0 radical (unpaired) electrons. The van der Waals surface area contributed by atoms with Gasteiger partial charge < -0.3 is 4.74 Å². The third kappa shape index (κ3) is 2.31. The number of hydrogen-bond donors (Lipinski definition) is 0. The van der Waals surface area contributed by atoms with Crippen LogP contribution in [0.1, 0.15) is 65.7 Å². The van der Waals surface area contributed by atoms with Crippen LogP contribution in [0.5, 0.6) is 0 Å². The summed E-state index contributed by atoms with van der Waals surface area (Å²) in [6, 6.07) is 0. The molecule has 25 heavy (non-hydrogen) atoms. The fourth-order valence-corrected chi connectivity index (χ4v) is 7.35. The number of allylic oxidation sites excluding steroid dienone is 1. The molecule has 0 N–H and O–H groups in total. The van der Waals surface area contributed by atoms with Crippen molar-refractivity contribution in [3.63, 3.8) is 0 Å². The molecule has 0 aliphatic heterocycles. The molecule has 0 heterocycles. The lowest BCUT2D eigenvalue weighted by Crippen LogP contribution is -2.54. The normalized spacial score (nSPS) is 48.8. The summed E-state index contributed by atoms with van der Waals surface area (Å²) in [6.45, 7) is 7.60. The van der Waals surface area contributed by atoms with Gasteiger partial charge in [-0.1, -0.05) is 25.3 Å². The summed E-state index contributed by atoms with van der Waals surface area (Å²) in [7, 11) is 0. The Hall–Kier alpha value is -1.07. The van der Waals surface area contributed by atoms with E-state index in [4.69, 9.17) is 11.2 Å². The van der Waals surface area contributed by atoms with Crippen molar-refractivity contribution in [1.82, 2.24) is 0 Å². The van der Waals surface area contributed by atoms with Gasteiger partial charge in [-0.25, -0.2) is 0 Å². The third-order valence-corrected chi connectivity index (χ3v) is 8.38. The fourth-order valence-electron chi connectivity index (χ4n) is 7.35. The summed E-state index contributed by atoms with van der Waals surface area (Å²) < 4.78 is 6.26. The Bertz CT molecular complexity index is 641. The zero-order valence-corrected chi connectivity index (χ0v) is 16.0. The third-order valence-electron chi connectivity index (χ3n) is 8.38. The molecule has 2 nitrogen and oxygen atoms in total. The van der Waals surface area contributed by atoms with Crippen molar-refractivity contribution in [3.05, 3.63) is 11.6 Å². The van der Waals surface area contributed by atoms with E-state index in [0.29, 0.717) is 30.1 Å². The molecule has 0 aromatic rings. The summed E-state index contributed by atoms with van der Waals surface area (Å²) in [5.41, 5.74) is 1.20. The van der Waals surface area contributed by atoms with Crippen LogP contribution in [0.4, 0.5) is 0 Å². The van der Waals surface area contributed by atoms with Gasteiger partial charge in [0.2, 0.25) is 0 Å². The second-order valence-corrected chi connectivity index (χ2v) is 9.26. The van der Waals surface area contributed by atoms with Crippen LogP contribution in [0.15, 0.2) is 11.6 Å². The van der Waals surface area contributed by atoms with Gasteiger partial charge in [-0.3, -0.25) is 4.79 Å². The van der Waals surface area contributed by atoms with E-state index in [1.807, 2.05) is 6.08 Å². The Labute approximate surface area is 152 Å². The Morgan fingerprint density at radius 3 is 2.84 bits per heavy atom. The minimum absolute atomic E-state index is 0.110. The van der Waals surface area contributed by atoms with Crippen LogP contribution in [0.2, 0.25) is 0 Å². The van der Waals surface area contributed by atoms with Crippen molar-refractivity contribution < 1.29 is 9.53 Å². The molecular weight excluding hydrogens is 308 g/mol. The van der Waals surface area contributed by atoms with Crippen LogP contribution in [-0.2, 0) is 9.53 Å². The van der Waals surface area contributed by atoms with Gasteiger partial charge >= 0.3 is 0 Å². The SMILES string of the molecule is C#C[C@]1(OCC)CCC2C3C(CC[C@@]21C)C1CCC(=O)C=C1C[C@H]3C. The molecule has 0 aromatic heterocycles. The maximum absolute atomic E-state index is 11.9. The zero-order chi connectivity index (χ0) is 17.8. The van der Waals surface area contributed by atoms with E-state index in [-0.39, 0.29) is 11.0 Å². The van der Waals surface area contributed by atoms with E-state index in [9.17, 15) is 4.79 Å². The predicted octanol–water partition coefficient (Wildman–Crippen LogP) is 4.78. The first-order chi connectivity index (χ1) is 12.0. The fraction of sp³-hybridized carbons (Fsp3) is 0.783. The van der Waals surface area contributed by atoms with Gasteiger partial charge in [0.25, 0.3) is 0 Å². The van der Waals surface area contributed by atoms with Gasteiger partial charge in [0.15, 0.2) is 5.78 Å². The number of ketones is 1. The number of carbonyl (C=O) groups is 1. The monoisotopic (exact) mass is 340 g/mol. The topological polar surface area (TPSA) is 26.3 Å². The summed E-state index contributed by atoms with van der Waals surface area (Å²) >= 11 is 0. The molecule has 4 unspecified atom stereocenters. The number of ether oxygens (including phenoxy) is 1. The molecule has 4 aliphatic carbocycles. The highest BCUT2D eigenvalue weighted by Gasteiger charge is 2.64. The number of terminal acetylenes is 1. The lowest BCUT2D eigenvalue weighted by molar-refractivity contribution is -0.127. The van der Waals surface area contributed by atoms with Crippen molar-refractivity contribution in [3.8, 4) is 12.3 Å². The van der Waals surface area contributed by atoms with Gasteiger partial charge in [-0.2, -0.15) is 0 Å². The zero-order valence-electron chi connectivity index (χ0n) is 16.0. The standard InChI is InChI=1S/C23H32O2/c1-5-23(25-6-2)12-10-20-21-15(3)13-16-14-17(24)7-8-18(16)19(21)9-11-22(20,23)4/h1,14-15,18-21H,6-13H2,2-4H3/t15-,18?,19?,20?,21?,22+,23+/m1/s1. The van der Waals surface area contributed by atoms with Crippen molar-refractivity contribution in [1.29, 1.82) is 0 Å². The maximum Gasteiger partial charge on any atom is 0.155 e. The van der Waals surface area contributed by atoms with Crippen LogP contribution < -0.4 is 0 Å². The van der Waals surface area contributed by atoms with Gasteiger partial charge in [-0.05, 0) is 81.1 Å². The molecule has 4 aliphatic rings. The second kappa shape index (κ2) is 5.98. The Kier molecular flexibility index (Phi) is 4.15. The van der Waals surface area contributed by atoms with Crippen molar-refractivity contribution in [2.45, 2.75) is 71.3 Å². The summed E-state index contributed by atoms with van der Waals surface area (Å²) in [5.74, 6) is 6.92.